The SMILES string of the molecule is CCCC/C=C\CCCCCCCC(=O)OCC(CNC)OC(=O)CCCCCCC/C=C\CCCC. The second kappa shape index (κ2) is 28.9. The van der Waals surface area contributed by atoms with Crippen molar-refractivity contribution in [1.29, 1.82) is 0 Å². The Morgan fingerprint density at radius 3 is 1.54 bits per heavy atom. The summed E-state index contributed by atoms with van der Waals surface area (Å²) in [5, 5.41) is 3.02. The molecule has 5 nitrogen and oxygen atoms in total. The molecule has 0 aromatic heterocycles. The van der Waals surface area contributed by atoms with Gasteiger partial charge in [0.25, 0.3) is 0 Å². The highest BCUT2D eigenvalue weighted by Crippen LogP contribution is 2.11. The zero-order valence-corrected chi connectivity index (χ0v) is 24.6. The van der Waals surface area contributed by atoms with Gasteiger partial charge < -0.3 is 14.8 Å². The molecule has 1 atom stereocenters. The third kappa shape index (κ3) is 27.2. The number of carbonyl (C=O) groups excluding carboxylic acids is 2. The van der Waals surface area contributed by atoms with E-state index in [1.54, 1.807) is 0 Å². The maximum atomic E-state index is 12.2. The molecule has 1 N–H and O–H groups in total. The number of unbranched alkanes of at least 4 members (excludes halogenated alkanes) is 14. The quantitative estimate of drug-likeness (QED) is 0.0666. The topological polar surface area (TPSA) is 64.6 Å². The average Bonchev–Trinajstić information content (AvgIpc) is 2.89. The van der Waals surface area contributed by atoms with Crippen LogP contribution in [0.25, 0.3) is 0 Å². The Labute approximate surface area is 229 Å². The van der Waals surface area contributed by atoms with E-state index in [-0.39, 0.29) is 18.5 Å². The van der Waals surface area contributed by atoms with Crippen LogP contribution in [0.4, 0.5) is 0 Å². The lowest BCUT2D eigenvalue weighted by Crippen LogP contribution is -2.33. The van der Waals surface area contributed by atoms with Crippen molar-refractivity contribution in [2.75, 3.05) is 20.2 Å². The largest absolute Gasteiger partial charge is 0.462 e. The first kappa shape index (κ1) is 35.4. The highest BCUT2D eigenvalue weighted by Gasteiger charge is 2.16. The van der Waals surface area contributed by atoms with E-state index in [1.807, 2.05) is 7.05 Å². The normalized spacial score (nSPS) is 12.4. The van der Waals surface area contributed by atoms with Crippen LogP contribution in [0, 0.1) is 0 Å². The minimum Gasteiger partial charge on any atom is -0.462 e. The number of esters is 2. The first-order chi connectivity index (χ1) is 18.1. The second-order valence-corrected chi connectivity index (χ2v) is 10.2. The average molecular weight is 522 g/mol. The van der Waals surface area contributed by atoms with Crippen LogP contribution in [0.15, 0.2) is 24.3 Å². The van der Waals surface area contributed by atoms with Gasteiger partial charge in [-0.25, -0.2) is 0 Å². The molecule has 0 saturated heterocycles. The van der Waals surface area contributed by atoms with Gasteiger partial charge in [0, 0.05) is 19.4 Å². The minimum absolute atomic E-state index is 0.127. The Morgan fingerprint density at radius 2 is 1.05 bits per heavy atom. The number of nitrogens with one attached hydrogen (secondary N) is 1. The van der Waals surface area contributed by atoms with E-state index in [0.717, 1.165) is 51.4 Å². The fourth-order valence-electron chi connectivity index (χ4n) is 4.10. The monoisotopic (exact) mass is 521 g/mol. The van der Waals surface area contributed by atoms with Crippen LogP contribution in [0.1, 0.15) is 142 Å². The molecule has 1 unspecified atom stereocenters. The summed E-state index contributed by atoms with van der Waals surface area (Å²) in [5.74, 6) is -0.397. The van der Waals surface area contributed by atoms with Crippen LogP contribution in [-0.4, -0.2) is 38.2 Å². The molecule has 0 aromatic carbocycles. The van der Waals surface area contributed by atoms with Crippen molar-refractivity contribution in [1.82, 2.24) is 5.32 Å². The van der Waals surface area contributed by atoms with Crippen LogP contribution in [0.3, 0.4) is 0 Å². The van der Waals surface area contributed by atoms with Gasteiger partial charge in [0.2, 0.25) is 0 Å². The molecule has 37 heavy (non-hydrogen) atoms. The summed E-state index contributed by atoms with van der Waals surface area (Å²) in [4.78, 5) is 24.3. The van der Waals surface area contributed by atoms with Gasteiger partial charge >= 0.3 is 11.9 Å². The molecule has 0 heterocycles. The van der Waals surface area contributed by atoms with E-state index in [2.05, 4.69) is 43.5 Å². The van der Waals surface area contributed by atoms with Crippen molar-refractivity contribution >= 4 is 11.9 Å². The minimum atomic E-state index is -0.425. The number of allylic oxidation sites excluding steroid dienone is 4. The van der Waals surface area contributed by atoms with E-state index in [4.69, 9.17) is 9.47 Å². The van der Waals surface area contributed by atoms with Gasteiger partial charge in [0.1, 0.15) is 12.7 Å². The summed E-state index contributed by atoms with van der Waals surface area (Å²) in [6.45, 7) is 5.05. The van der Waals surface area contributed by atoms with Gasteiger partial charge in [-0.1, -0.05) is 102 Å². The van der Waals surface area contributed by atoms with Crippen LogP contribution in [0.2, 0.25) is 0 Å². The van der Waals surface area contributed by atoms with Crippen LogP contribution < -0.4 is 5.32 Å². The molecule has 0 radical (unpaired) electrons. The second-order valence-electron chi connectivity index (χ2n) is 10.2. The maximum Gasteiger partial charge on any atom is 0.306 e. The van der Waals surface area contributed by atoms with Crippen molar-refractivity contribution in [2.45, 2.75) is 148 Å². The summed E-state index contributed by atoms with van der Waals surface area (Å²) >= 11 is 0. The maximum absolute atomic E-state index is 12.2. The van der Waals surface area contributed by atoms with Crippen molar-refractivity contribution in [3.05, 3.63) is 24.3 Å². The van der Waals surface area contributed by atoms with Crippen LogP contribution >= 0.6 is 0 Å². The van der Waals surface area contributed by atoms with Crippen molar-refractivity contribution in [3.63, 3.8) is 0 Å². The van der Waals surface area contributed by atoms with Gasteiger partial charge in [-0.3, -0.25) is 9.59 Å². The lowest BCUT2D eigenvalue weighted by atomic mass is 10.1. The molecule has 0 fully saturated rings. The van der Waals surface area contributed by atoms with Crippen LogP contribution in [-0.2, 0) is 19.1 Å². The molecule has 0 amide bonds. The van der Waals surface area contributed by atoms with Gasteiger partial charge in [-0.2, -0.15) is 0 Å². The first-order valence-electron chi connectivity index (χ1n) is 15.4. The number of carbonyl (C=O) groups is 2. The zero-order chi connectivity index (χ0) is 27.2. The summed E-state index contributed by atoms with van der Waals surface area (Å²) in [7, 11) is 1.81. The molecule has 0 aliphatic carbocycles. The number of hydrogen-bond acceptors (Lipinski definition) is 5. The number of hydrogen-bond donors (Lipinski definition) is 1. The van der Waals surface area contributed by atoms with E-state index in [0.29, 0.717) is 19.4 Å². The van der Waals surface area contributed by atoms with Gasteiger partial charge in [0.05, 0.1) is 0 Å². The summed E-state index contributed by atoms with van der Waals surface area (Å²) < 4.78 is 10.9. The van der Waals surface area contributed by atoms with Crippen molar-refractivity contribution in [2.24, 2.45) is 0 Å². The third-order valence-electron chi connectivity index (χ3n) is 6.45. The number of ether oxygens (including phenoxy) is 2. The molecule has 0 rings (SSSR count). The van der Waals surface area contributed by atoms with Crippen LogP contribution in [0.5, 0.6) is 0 Å². The summed E-state index contributed by atoms with van der Waals surface area (Å²) in [5.41, 5.74) is 0. The van der Waals surface area contributed by atoms with E-state index < -0.39 is 6.10 Å². The first-order valence-corrected chi connectivity index (χ1v) is 15.4. The Morgan fingerprint density at radius 1 is 0.622 bits per heavy atom. The summed E-state index contributed by atoms with van der Waals surface area (Å²) in [6.07, 6.45) is 30.4. The molecule has 0 saturated carbocycles. The molecule has 0 bridgehead atoms. The highest BCUT2D eigenvalue weighted by molar-refractivity contribution is 5.70. The molecule has 0 aliphatic heterocycles. The van der Waals surface area contributed by atoms with E-state index >= 15 is 0 Å². The third-order valence-corrected chi connectivity index (χ3v) is 6.45. The predicted molar refractivity (Wildman–Crippen MR) is 157 cm³/mol. The zero-order valence-electron chi connectivity index (χ0n) is 24.6. The van der Waals surface area contributed by atoms with E-state index in [1.165, 1.54) is 64.2 Å². The Balaban J connectivity index is 3.76. The van der Waals surface area contributed by atoms with Gasteiger partial charge in [-0.05, 0) is 58.4 Å². The fraction of sp³-hybridized carbons (Fsp3) is 0.812. The molecular formula is C32H59NO4. The molecule has 0 aliphatic rings. The van der Waals surface area contributed by atoms with Crippen molar-refractivity contribution < 1.29 is 19.1 Å². The predicted octanol–water partition coefficient (Wildman–Crippen LogP) is 8.62. The van der Waals surface area contributed by atoms with Gasteiger partial charge in [-0.15, -0.1) is 0 Å². The fourth-order valence-corrected chi connectivity index (χ4v) is 4.10. The molecule has 0 aromatic rings. The lowest BCUT2D eigenvalue weighted by Gasteiger charge is -2.17. The Bertz CT molecular complexity index is 573. The standard InChI is InChI=1S/C32H59NO4/c1-4-6-8-10-12-14-16-18-20-22-24-26-31(34)36-29-30(28-33-3)37-32(35)27-25-23-21-19-17-15-13-11-9-7-5-2/h10-13,30,33H,4-9,14-29H2,1-3H3/b12-10-,13-11-. The number of likely N-dealkylation sites (N-methyl/N-ethyl adjacent to an activating group) is 1. The smallest absolute Gasteiger partial charge is 0.306 e. The Kier molecular flexibility index (Phi) is 27.7. The number of rotatable bonds is 27. The van der Waals surface area contributed by atoms with E-state index in [9.17, 15) is 9.59 Å². The molecule has 216 valence electrons. The highest BCUT2D eigenvalue weighted by atomic mass is 16.6. The molecular weight excluding hydrogens is 462 g/mol. The molecule has 0 spiro atoms. The van der Waals surface area contributed by atoms with Gasteiger partial charge in [0.15, 0.2) is 0 Å². The Hall–Kier alpha value is -1.62. The van der Waals surface area contributed by atoms with Crippen molar-refractivity contribution in [3.8, 4) is 0 Å². The molecule has 5 heteroatoms. The summed E-state index contributed by atoms with van der Waals surface area (Å²) in [6, 6.07) is 0. The lowest BCUT2D eigenvalue weighted by molar-refractivity contribution is -0.159.